The van der Waals surface area contributed by atoms with Gasteiger partial charge in [0.05, 0.1) is 12.3 Å². The number of hydrogen-bond donors (Lipinski definition) is 2. The summed E-state index contributed by atoms with van der Waals surface area (Å²) in [6.07, 6.45) is 4.78. The summed E-state index contributed by atoms with van der Waals surface area (Å²) in [4.78, 5) is 12.5. The second-order valence-corrected chi connectivity index (χ2v) is 7.77. The Morgan fingerprint density at radius 3 is 2.50 bits per heavy atom. The van der Waals surface area contributed by atoms with Crippen LogP contribution in [0.2, 0.25) is 5.02 Å². The molecule has 26 heavy (non-hydrogen) atoms. The lowest BCUT2D eigenvalue weighted by atomic mass is 9.97. The van der Waals surface area contributed by atoms with Crippen LogP contribution in [0.5, 0.6) is 0 Å². The molecule has 2 rings (SSSR count). The third-order valence-electron chi connectivity index (χ3n) is 4.86. The minimum Gasteiger partial charge on any atom is -0.394 e. The van der Waals surface area contributed by atoms with Gasteiger partial charge in [0, 0.05) is 29.7 Å². The van der Waals surface area contributed by atoms with E-state index in [9.17, 15) is 9.90 Å². The first-order valence-electron chi connectivity index (χ1n) is 9.14. The maximum Gasteiger partial charge on any atom is 0.179 e. The van der Waals surface area contributed by atoms with Crippen LogP contribution < -0.4 is 5.73 Å². The zero-order valence-electron chi connectivity index (χ0n) is 15.7. The molecule has 5 heteroatoms. The van der Waals surface area contributed by atoms with Crippen molar-refractivity contribution in [1.29, 1.82) is 0 Å². The van der Waals surface area contributed by atoms with Gasteiger partial charge in [-0.1, -0.05) is 23.7 Å². The third kappa shape index (κ3) is 5.97. The van der Waals surface area contributed by atoms with E-state index in [0.717, 1.165) is 42.1 Å². The van der Waals surface area contributed by atoms with Gasteiger partial charge in [-0.25, -0.2) is 0 Å². The smallest absolute Gasteiger partial charge is 0.179 e. The van der Waals surface area contributed by atoms with E-state index >= 15 is 0 Å². The minimum absolute atomic E-state index is 0.0448. The number of nitrogens with zero attached hydrogens (tertiary/aromatic N) is 1. The fourth-order valence-corrected chi connectivity index (χ4v) is 3.10. The number of carbonyl (C=O) groups is 1. The summed E-state index contributed by atoms with van der Waals surface area (Å²) in [5.41, 5.74) is 8.46. The van der Waals surface area contributed by atoms with Crippen LogP contribution in [0.25, 0.3) is 0 Å². The molecule has 0 bridgehead atoms. The third-order valence-corrected chi connectivity index (χ3v) is 5.11. The van der Waals surface area contributed by atoms with Gasteiger partial charge in [0.15, 0.2) is 5.78 Å². The summed E-state index contributed by atoms with van der Waals surface area (Å²) in [6.45, 7) is 1.79. The summed E-state index contributed by atoms with van der Waals surface area (Å²) < 4.78 is 1.95. The predicted octanol–water partition coefficient (Wildman–Crippen LogP) is 3.92. The van der Waals surface area contributed by atoms with Crippen LogP contribution in [0.3, 0.4) is 0 Å². The lowest BCUT2D eigenvalue weighted by Crippen LogP contribution is -2.40. The van der Waals surface area contributed by atoms with Crippen LogP contribution in [0.15, 0.2) is 36.4 Å². The average molecular weight is 377 g/mol. The number of hydrogen-bond acceptors (Lipinski definition) is 3. The zero-order valence-corrected chi connectivity index (χ0v) is 16.4. The van der Waals surface area contributed by atoms with Gasteiger partial charge in [0.2, 0.25) is 0 Å². The number of unbranched alkanes of at least 4 members (excludes halogenated alkanes) is 1. The normalized spacial score (nSPS) is 13.6. The van der Waals surface area contributed by atoms with E-state index in [-0.39, 0.29) is 12.4 Å². The highest BCUT2D eigenvalue weighted by molar-refractivity contribution is 6.30. The van der Waals surface area contributed by atoms with Gasteiger partial charge in [-0.05, 0) is 68.9 Å². The maximum atomic E-state index is 12.5. The Kier molecular flexibility index (Phi) is 7.44. The number of Topliss-reactive ketones (excluding diaryl/α,β-unsaturated/α-hetero) is 1. The number of ketones is 1. The summed E-state index contributed by atoms with van der Waals surface area (Å²) in [5.74, 6) is 0.174. The number of nitrogens with two attached hydrogens (primary N) is 1. The van der Waals surface area contributed by atoms with E-state index in [1.165, 1.54) is 5.56 Å². The molecule has 0 saturated carbocycles. The summed E-state index contributed by atoms with van der Waals surface area (Å²) in [6, 6.07) is 11.7. The SMILES string of the molecule is Cn1c(CCC(C)(N)CO)ccc1C(=O)CCCCc1ccc(Cl)cc1. The van der Waals surface area contributed by atoms with Crippen molar-refractivity contribution in [3.05, 3.63) is 58.4 Å². The van der Waals surface area contributed by atoms with Gasteiger partial charge in [-0.3, -0.25) is 4.79 Å². The Labute approximate surface area is 161 Å². The van der Waals surface area contributed by atoms with Crippen molar-refractivity contribution in [2.75, 3.05) is 6.61 Å². The molecular formula is C21H29ClN2O2. The summed E-state index contributed by atoms with van der Waals surface area (Å²) in [5, 5.41) is 10.0. The number of carbonyl (C=O) groups excluding carboxylic acids is 1. The molecule has 1 heterocycles. The van der Waals surface area contributed by atoms with Crippen LogP contribution >= 0.6 is 11.6 Å². The summed E-state index contributed by atoms with van der Waals surface area (Å²) >= 11 is 5.89. The van der Waals surface area contributed by atoms with Crippen molar-refractivity contribution in [3.63, 3.8) is 0 Å². The first-order chi connectivity index (χ1) is 12.3. The fraction of sp³-hybridized carbons (Fsp3) is 0.476. The summed E-state index contributed by atoms with van der Waals surface area (Å²) in [7, 11) is 1.92. The maximum absolute atomic E-state index is 12.5. The lowest BCUT2D eigenvalue weighted by molar-refractivity contribution is 0.0971. The molecule has 0 aliphatic heterocycles. The van der Waals surface area contributed by atoms with Crippen LogP contribution in [0.1, 0.15) is 54.4 Å². The molecule has 1 aromatic carbocycles. The number of aromatic nitrogens is 1. The Hall–Kier alpha value is -1.62. The van der Waals surface area contributed by atoms with Gasteiger partial charge < -0.3 is 15.4 Å². The standard InChI is InChI=1S/C21H29ClN2O2/c1-21(23,15-25)14-13-18-11-12-19(24(18)2)20(26)6-4-3-5-16-7-9-17(22)10-8-16/h7-12,25H,3-6,13-15,23H2,1-2H3. The van der Waals surface area contributed by atoms with Crippen molar-refractivity contribution in [2.45, 2.75) is 51.0 Å². The van der Waals surface area contributed by atoms with E-state index in [1.807, 2.05) is 54.9 Å². The van der Waals surface area contributed by atoms with Crippen molar-refractivity contribution >= 4 is 17.4 Å². The molecular weight excluding hydrogens is 348 g/mol. The minimum atomic E-state index is -0.587. The highest BCUT2D eigenvalue weighted by atomic mass is 35.5. The number of benzene rings is 1. The predicted molar refractivity (Wildman–Crippen MR) is 107 cm³/mol. The quantitative estimate of drug-likeness (QED) is 0.487. The van der Waals surface area contributed by atoms with Crippen LogP contribution in [-0.4, -0.2) is 27.6 Å². The average Bonchev–Trinajstić information content (AvgIpc) is 2.99. The molecule has 0 fully saturated rings. The topological polar surface area (TPSA) is 68.2 Å². The van der Waals surface area contributed by atoms with E-state index < -0.39 is 5.54 Å². The van der Waals surface area contributed by atoms with Crippen LogP contribution in [-0.2, 0) is 19.9 Å². The number of halogens is 1. The molecule has 0 aliphatic rings. The Morgan fingerprint density at radius 1 is 1.15 bits per heavy atom. The molecule has 1 aromatic heterocycles. The molecule has 0 radical (unpaired) electrons. The van der Waals surface area contributed by atoms with Crippen molar-refractivity contribution in [2.24, 2.45) is 12.8 Å². The number of aryl methyl sites for hydroxylation is 2. The van der Waals surface area contributed by atoms with Crippen molar-refractivity contribution in [3.8, 4) is 0 Å². The van der Waals surface area contributed by atoms with Gasteiger partial charge in [-0.2, -0.15) is 0 Å². The van der Waals surface area contributed by atoms with Gasteiger partial charge in [0.1, 0.15) is 0 Å². The molecule has 0 amide bonds. The zero-order chi connectivity index (χ0) is 19.2. The van der Waals surface area contributed by atoms with E-state index in [0.29, 0.717) is 12.8 Å². The Bertz CT molecular complexity index is 720. The number of aliphatic hydroxyl groups excluding tert-OH is 1. The molecule has 2 aromatic rings. The highest BCUT2D eigenvalue weighted by Gasteiger charge is 2.19. The molecule has 4 nitrogen and oxygen atoms in total. The molecule has 0 spiro atoms. The van der Waals surface area contributed by atoms with E-state index in [2.05, 4.69) is 0 Å². The van der Waals surface area contributed by atoms with Gasteiger partial charge in [-0.15, -0.1) is 0 Å². The highest BCUT2D eigenvalue weighted by Crippen LogP contribution is 2.17. The van der Waals surface area contributed by atoms with E-state index in [1.54, 1.807) is 0 Å². The molecule has 1 atom stereocenters. The van der Waals surface area contributed by atoms with Gasteiger partial charge >= 0.3 is 0 Å². The van der Waals surface area contributed by atoms with Gasteiger partial charge in [0.25, 0.3) is 0 Å². The Morgan fingerprint density at radius 2 is 1.85 bits per heavy atom. The van der Waals surface area contributed by atoms with Crippen molar-refractivity contribution < 1.29 is 9.90 Å². The molecule has 142 valence electrons. The van der Waals surface area contributed by atoms with Crippen LogP contribution in [0.4, 0.5) is 0 Å². The lowest BCUT2D eigenvalue weighted by Gasteiger charge is -2.21. The monoisotopic (exact) mass is 376 g/mol. The fourth-order valence-electron chi connectivity index (χ4n) is 2.97. The second-order valence-electron chi connectivity index (χ2n) is 7.34. The largest absolute Gasteiger partial charge is 0.394 e. The molecule has 0 aliphatic carbocycles. The first-order valence-corrected chi connectivity index (χ1v) is 9.52. The number of aliphatic hydroxyl groups is 1. The second kappa shape index (κ2) is 9.36. The van der Waals surface area contributed by atoms with Crippen LogP contribution in [0, 0.1) is 0 Å². The first kappa shape index (κ1) is 20.7. The van der Waals surface area contributed by atoms with Crippen molar-refractivity contribution in [1.82, 2.24) is 4.57 Å². The van der Waals surface area contributed by atoms with E-state index in [4.69, 9.17) is 17.3 Å². The molecule has 1 unspecified atom stereocenters. The number of rotatable bonds is 10. The molecule has 3 N–H and O–H groups in total. The Balaban J connectivity index is 1.81. The molecule has 0 saturated heterocycles.